The van der Waals surface area contributed by atoms with Gasteiger partial charge in [0.15, 0.2) is 0 Å². The van der Waals surface area contributed by atoms with Crippen LogP contribution < -0.4 is 0 Å². The average molecular weight is 447 g/mol. The largest absolute Gasteiger partial charge is 0.396 e. The van der Waals surface area contributed by atoms with Crippen LogP contribution >= 0.6 is 0 Å². The van der Waals surface area contributed by atoms with Gasteiger partial charge in [-0.25, -0.2) is 0 Å². The predicted molar refractivity (Wildman–Crippen MR) is 130 cm³/mol. The second-order valence-corrected chi connectivity index (χ2v) is 14.2. The molecule has 2 spiro atoms. The van der Waals surface area contributed by atoms with E-state index in [1.807, 2.05) is 0 Å². The molecule has 184 valence electrons. The fourth-order valence-corrected chi connectivity index (χ4v) is 11.5. The van der Waals surface area contributed by atoms with Crippen molar-refractivity contribution < 1.29 is 10.2 Å². The van der Waals surface area contributed by atoms with Crippen molar-refractivity contribution in [2.75, 3.05) is 34.8 Å². The number of aliphatic hydroxyl groups excluding tert-OH is 2. The van der Waals surface area contributed by atoms with Gasteiger partial charge in [-0.2, -0.15) is 0 Å². The Kier molecular flexibility index (Phi) is 5.12. The van der Waals surface area contributed by atoms with Crippen LogP contribution in [0.4, 0.5) is 0 Å². The SMILES string of the molecule is C[C@@H]([C@H]1[C@H](O)C[C@@]2(C)C3CCC4C5(CC[C@H](N(C)C)[C@@]4(C)CO)CC35CC[C@]12C)N(C)C. The Morgan fingerprint density at radius 2 is 1.50 bits per heavy atom. The minimum absolute atomic E-state index is 0.00897. The molecule has 0 bridgehead atoms. The molecule has 4 nitrogen and oxygen atoms in total. The molecule has 0 aliphatic heterocycles. The first-order chi connectivity index (χ1) is 14.8. The van der Waals surface area contributed by atoms with Crippen LogP contribution in [0.5, 0.6) is 0 Å². The summed E-state index contributed by atoms with van der Waals surface area (Å²) in [5.41, 5.74) is 1.36. The number of fused-ring (bicyclic) bond motifs is 2. The average Bonchev–Trinajstić information content (AvgIpc) is 3.32. The van der Waals surface area contributed by atoms with Crippen molar-refractivity contribution in [3.63, 3.8) is 0 Å². The van der Waals surface area contributed by atoms with E-state index in [0.717, 1.165) is 12.3 Å². The third-order valence-electron chi connectivity index (χ3n) is 13.2. The summed E-state index contributed by atoms with van der Waals surface area (Å²) in [6.45, 7) is 10.2. The summed E-state index contributed by atoms with van der Waals surface area (Å²) in [7, 11) is 8.79. The van der Waals surface area contributed by atoms with E-state index >= 15 is 0 Å². The number of nitrogens with zero attached hydrogens (tertiary/aromatic N) is 2. The highest BCUT2D eigenvalue weighted by atomic mass is 16.3. The summed E-state index contributed by atoms with van der Waals surface area (Å²) < 4.78 is 0. The molecule has 0 heterocycles. The Labute approximate surface area is 197 Å². The first-order valence-electron chi connectivity index (χ1n) is 13.5. The molecule has 5 aliphatic carbocycles. The first kappa shape index (κ1) is 23.6. The zero-order valence-corrected chi connectivity index (χ0v) is 22.1. The minimum Gasteiger partial charge on any atom is -0.396 e. The predicted octanol–water partition coefficient (Wildman–Crippen LogP) is 4.25. The second kappa shape index (κ2) is 6.95. The van der Waals surface area contributed by atoms with Gasteiger partial charge in [-0.1, -0.05) is 20.8 Å². The maximum atomic E-state index is 11.4. The van der Waals surface area contributed by atoms with E-state index < -0.39 is 0 Å². The third-order valence-corrected chi connectivity index (χ3v) is 13.2. The van der Waals surface area contributed by atoms with Crippen molar-refractivity contribution in [2.45, 2.75) is 97.2 Å². The molecule has 0 radical (unpaired) electrons. The van der Waals surface area contributed by atoms with E-state index in [4.69, 9.17) is 0 Å². The standard InChI is InChI=1S/C28H50N2O2/c1-18(29(5)6)23-19(32)15-26(4)21-10-9-20-24(2,17-31)22(30(7)8)11-12-27(20)16-28(21,27)14-13-25(23,26)3/h18-23,31-32H,9-17H2,1-8H3/t18-,19+,20?,21?,22-,23-,24-,25+,26-,27?,28?/m0/s1. The van der Waals surface area contributed by atoms with Crippen LogP contribution in [0.25, 0.3) is 0 Å². The number of rotatable bonds is 4. The van der Waals surface area contributed by atoms with E-state index in [1.165, 1.54) is 44.9 Å². The molecule has 0 saturated heterocycles. The van der Waals surface area contributed by atoms with Gasteiger partial charge in [0.1, 0.15) is 0 Å². The van der Waals surface area contributed by atoms with Crippen LogP contribution in [0.2, 0.25) is 0 Å². The maximum absolute atomic E-state index is 11.4. The van der Waals surface area contributed by atoms with Gasteiger partial charge in [0, 0.05) is 23.4 Å². The zero-order valence-electron chi connectivity index (χ0n) is 22.1. The molecule has 0 aromatic rings. The van der Waals surface area contributed by atoms with Crippen molar-refractivity contribution in [3.05, 3.63) is 0 Å². The van der Waals surface area contributed by atoms with Gasteiger partial charge in [0.05, 0.1) is 12.7 Å². The highest BCUT2D eigenvalue weighted by Gasteiger charge is 2.83. The molecule has 4 heteroatoms. The number of aliphatic hydroxyl groups is 2. The van der Waals surface area contributed by atoms with Gasteiger partial charge < -0.3 is 20.0 Å². The molecule has 5 fully saturated rings. The zero-order chi connectivity index (χ0) is 23.5. The summed E-state index contributed by atoms with van der Waals surface area (Å²) in [6.07, 6.45) is 9.94. The van der Waals surface area contributed by atoms with Crippen molar-refractivity contribution >= 4 is 0 Å². The molecule has 4 unspecified atom stereocenters. The summed E-state index contributed by atoms with van der Waals surface area (Å²) in [4.78, 5) is 4.73. The lowest BCUT2D eigenvalue weighted by Crippen LogP contribution is -2.61. The van der Waals surface area contributed by atoms with E-state index in [9.17, 15) is 10.2 Å². The molecule has 5 rings (SSSR count). The van der Waals surface area contributed by atoms with E-state index in [-0.39, 0.29) is 22.3 Å². The topological polar surface area (TPSA) is 46.9 Å². The molecule has 2 N–H and O–H groups in total. The molecular formula is C28H50N2O2. The third kappa shape index (κ3) is 2.49. The quantitative estimate of drug-likeness (QED) is 0.678. The fourth-order valence-electron chi connectivity index (χ4n) is 11.5. The smallest absolute Gasteiger partial charge is 0.0594 e. The molecule has 0 aromatic carbocycles. The lowest BCUT2D eigenvalue weighted by atomic mass is 9.41. The molecule has 0 amide bonds. The normalized spacial score (nSPS) is 57.6. The Balaban J connectivity index is 1.51. The fraction of sp³-hybridized carbons (Fsp3) is 1.00. The van der Waals surface area contributed by atoms with Crippen LogP contribution in [0.3, 0.4) is 0 Å². The Morgan fingerprint density at radius 1 is 0.875 bits per heavy atom. The second-order valence-electron chi connectivity index (χ2n) is 14.2. The lowest BCUT2D eigenvalue weighted by Gasteiger charge is -2.64. The van der Waals surface area contributed by atoms with Crippen LogP contribution in [0.1, 0.15) is 79.1 Å². The van der Waals surface area contributed by atoms with Gasteiger partial charge in [-0.3, -0.25) is 0 Å². The monoisotopic (exact) mass is 446 g/mol. The summed E-state index contributed by atoms with van der Waals surface area (Å²) in [5, 5.41) is 22.1. The van der Waals surface area contributed by atoms with Crippen molar-refractivity contribution in [3.8, 4) is 0 Å². The lowest BCUT2D eigenvalue weighted by molar-refractivity contribution is -0.162. The maximum Gasteiger partial charge on any atom is 0.0594 e. The van der Waals surface area contributed by atoms with Crippen LogP contribution in [-0.2, 0) is 0 Å². The highest BCUT2D eigenvalue weighted by molar-refractivity contribution is 5.31. The van der Waals surface area contributed by atoms with Crippen molar-refractivity contribution in [1.29, 1.82) is 0 Å². The van der Waals surface area contributed by atoms with Crippen molar-refractivity contribution in [2.24, 2.45) is 44.8 Å². The van der Waals surface area contributed by atoms with Gasteiger partial charge >= 0.3 is 0 Å². The summed E-state index contributed by atoms with van der Waals surface area (Å²) in [5.74, 6) is 1.74. The van der Waals surface area contributed by atoms with Gasteiger partial charge in [-0.05, 0) is 120 Å². The minimum atomic E-state index is -0.183. The summed E-state index contributed by atoms with van der Waals surface area (Å²) >= 11 is 0. The van der Waals surface area contributed by atoms with Gasteiger partial charge in [-0.15, -0.1) is 0 Å². The Bertz CT molecular complexity index is 771. The molecule has 5 aliphatic rings. The first-order valence-corrected chi connectivity index (χ1v) is 13.5. The highest BCUT2D eigenvalue weighted by Crippen LogP contribution is 2.89. The van der Waals surface area contributed by atoms with Crippen LogP contribution in [0, 0.1) is 44.8 Å². The molecule has 32 heavy (non-hydrogen) atoms. The molecular weight excluding hydrogens is 396 g/mol. The van der Waals surface area contributed by atoms with Crippen molar-refractivity contribution in [1.82, 2.24) is 9.80 Å². The van der Waals surface area contributed by atoms with E-state index in [2.05, 4.69) is 65.7 Å². The van der Waals surface area contributed by atoms with Gasteiger partial charge in [0.2, 0.25) is 0 Å². The van der Waals surface area contributed by atoms with E-state index in [1.54, 1.807) is 0 Å². The Morgan fingerprint density at radius 3 is 2.09 bits per heavy atom. The van der Waals surface area contributed by atoms with Gasteiger partial charge in [0.25, 0.3) is 0 Å². The molecule has 11 atom stereocenters. The Hall–Kier alpha value is -0.160. The molecule has 0 aromatic heterocycles. The summed E-state index contributed by atoms with van der Waals surface area (Å²) in [6, 6.07) is 0.893. The van der Waals surface area contributed by atoms with Crippen LogP contribution in [-0.4, -0.2) is 73.0 Å². The van der Waals surface area contributed by atoms with E-state index in [0.29, 0.717) is 41.4 Å². The number of hydrogen-bond acceptors (Lipinski definition) is 4. The molecule has 5 saturated carbocycles. The van der Waals surface area contributed by atoms with Crippen LogP contribution in [0.15, 0.2) is 0 Å². The number of hydrogen-bond donors (Lipinski definition) is 2.